The van der Waals surface area contributed by atoms with Crippen LogP contribution in [0.25, 0.3) is 22.1 Å². The summed E-state index contributed by atoms with van der Waals surface area (Å²) in [5, 5.41) is 5.49. The van der Waals surface area contributed by atoms with Crippen LogP contribution in [0.1, 0.15) is 132 Å². The lowest BCUT2D eigenvalue weighted by Gasteiger charge is -2.35. The van der Waals surface area contributed by atoms with Gasteiger partial charge in [0, 0.05) is 31.9 Å². The van der Waals surface area contributed by atoms with Crippen molar-refractivity contribution < 1.29 is 28.7 Å². The van der Waals surface area contributed by atoms with Gasteiger partial charge in [-0.15, -0.1) is 0 Å². The number of aromatic nitrogens is 4. The Kier molecular flexibility index (Phi) is 13.4. The predicted molar refractivity (Wildman–Crippen MR) is 262 cm³/mol. The number of imidazole rings is 2. The number of carbonyl (C=O) groups excluding carboxylic acids is 4. The highest BCUT2D eigenvalue weighted by atomic mass is 16.5. The minimum Gasteiger partial charge on any atom is -0.453 e. The molecule has 4 aliphatic heterocycles. The summed E-state index contributed by atoms with van der Waals surface area (Å²) in [5.74, 6) is 0.934. The fourth-order valence-electron chi connectivity index (χ4n) is 11.2. The van der Waals surface area contributed by atoms with Gasteiger partial charge in [-0.25, -0.2) is 19.6 Å². The Labute approximate surface area is 397 Å². The monoisotopic (exact) mass is 930 g/mol. The first-order valence-corrected chi connectivity index (χ1v) is 24.5. The van der Waals surface area contributed by atoms with Gasteiger partial charge in [-0.3, -0.25) is 9.59 Å². The molecule has 0 bridgehead atoms. The van der Waals surface area contributed by atoms with Crippen molar-refractivity contribution in [2.45, 2.75) is 122 Å². The summed E-state index contributed by atoms with van der Waals surface area (Å²) in [6, 6.07) is 17.6. The third-order valence-electron chi connectivity index (χ3n) is 14.7. The van der Waals surface area contributed by atoms with Crippen LogP contribution in [0.4, 0.5) is 26.7 Å². The number of hydrogen-bond acceptors (Lipinski definition) is 11. The van der Waals surface area contributed by atoms with E-state index in [1.807, 2.05) is 37.5 Å². The molecule has 68 heavy (non-hydrogen) atoms. The Balaban J connectivity index is 1.02. The molecule has 6 atom stereocenters. The standard InChI is InChI=1S/C51H67N11O6/c1-29(2)44(57-50(65)67-5)48(63)60-24-10-12-42(60)46-53-35-17-14-31(26-37(35)55-46)39-20-21-40(62(39)33-16-19-41(34(52)28-33)59-22-8-7-9-23-59)32-15-18-36-38(27-32)56-47(54-36)43-13-11-25-61(43)49(64)45(30(3)4)58-51(66)68-6/h14-19,26-30,39-40,42-45H,7-13,20-25,52H2,1-6H3,(H,53,55)(H,54,56)(H,57,65)(H,58,66)/t39-,40-,42+,43+,44+,45+/m1/s1. The van der Waals surface area contributed by atoms with Gasteiger partial charge in [-0.1, -0.05) is 39.8 Å². The zero-order valence-electron chi connectivity index (χ0n) is 40.2. The summed E-state index contributed by atoms with van der Waals surface area (Å²) < 4.78 is 9.68. The zero-order chi connectivity index (χ0) is 47.8. The zero-order valence-corrected chi connectivity index (χ0v) is 40.2. The molecule has 2 aromatic heterocycles. The molecule has 9 rings (SSSR count). The third-order valence-corrected chi connectivity index (χ3v) is 14.7. The topological polar surface area (TPSA) is 207 Å². The molecule has 3 aromatic carbocycles. The Morgan fingerprint density at radius 1 is 0.618 bits per heavy atom. The van der Waals surface area contributed by atoms with Crippen LogP contribution in [-0.2, 0) is 19.1 Å². The quantitative estimate of drug-likeness (QED) is 0.0754. The van der Waals surface area contributed by atoms with Crippen LogP contribution in [0.3, 0.4) is 0 Å². The molecule has 4 amide bonds. The average molecular weight is 930 g/mol. The van der Waals surface area contributed by atoms with E-state index in [4.69, 9.17) is 25.2 Å². The molecule has 17 heteroatoms. The molecule has 362 valence electrons. The molecule has 4 saturated heterocycles. The second kappa shape index (κ2) is 19.6. The van der Waals surface area contributed by atoms with Crippen LogP contribution in [0.2, 0.25) is 0 Å². The first kappa shape index (κ1) is 46.6. The number of anilines is 3. The minimum absolute atomic E-state index is 0.00993. The van der Waals surface area contributed by atoms with E-state index in [0.717, 1.165) is 126 Å². The van der Waals surface area contributed by atoms with Crippen LogP contribution in [-0.4, -0.2) is 106 Å². The van der Waals surface area contributed by atoms with Gasteiger partial charge in [0.15, 0.2) is 0 Å². The summed E-state index contributed by atoms with van der Waals surface area (Å²) in [7, 11) is 2.60. The number of methoxy groups -OCH3 is 2. The van der Waals surface area contributed by atoms with E-state index in [2.05, 4.69) is 85.0 Å². The summed E-state index contributed by atoms with van der Waals surface area (Å²) in [4.78, 5) is 78.2. The van der Waals surface area contributed by atoms with Crippen LogP contribution >= 0.6 is 0 Å². The third kappa shape index (κ3) is 9.10. The van der Waals surface area contributed by atoms with Gasteiger partial charge in [0.1, 0.15) is 23.7 Å². The molecule has 0 spiro atoms. The second-order valence-electron chi connectivity index (χ2n) is 19.7. The number of hydrogen-bond donors (Lipinski definition) is 5. The van der Waals surface area contributed by atoms with E-state index < -0.39 is 24.3 Å². The highest BCUT2D eigenvalue weighted by molar-refractivity contribution is 5.88. The Morgan fingerprint density at radius 2 is 1.10 bits per heavy atom. The molecule has 6 N–H and O–H groups in total. The Morgan fingerprint density at radius 3 is 1.54 bits per heavy atom. The van der Waals surface area contributed by atoms with Crippen molar-refractivity contribution in [3.63, 3.8) is 0 Å². The number of nitrogens with one attached hydrogen (secondary N) is 4. The number of nitrogens with zero attached hydrogens (tertiary/aromatic N) is 6. The fourth-order valence-corrected chi connectivity index (χ4v) is 11.2. The van der Waals surface area contributed by atoms with Crippen LogP contribution in [0.5, 0.6) is 0 Å². The van der Waals surface area contributed by atoms with Crippen LogP contribution in [0.15, 0.2) is 54.6 Å². The van der Waals surface area contributed by atoms with Crippen molar-refractivity contribution in [2.24, 2.45) is 11.8 Å². The van der Waals surface area contributed by atoms with Gasteiger partial charge >= 0.3 is 12.2 Å². The number of piperidine rings is 1. The van der Waals surface area contributed by atoms with E-state index >= 15 is 0 Å². The van der Waals surface area contributed by atoms with Crippen LogP contribution < -0.4 is 26.2 Å². The first-order valence-electron chi connectivity index (χ1n) is 24.5. The maximum Gasteiger partial charge on any atom is 0.407 e. The molecular weight excluding hydrogens is 863 g/mol. The van der Waals surface area contributed by atoms with Gasteiger partial charge in [-0.05, 0) is 123 Å². The number of nitrogens with two attached hydrogens (primary N) is 1. The molecule has 4 fully saturated rings. The predicted octanol–water partition coefficient (Wildman–Crippen LogP) is 8.18. The maximum absolute atomic E-state index is 13.9. The van der Waals surface area contributed by atoms with Gasteiger partial charge in [0.2, 0.25) is 11.8 Å². The van der Waals surface area contributed by atoms with E-state index in [1.165, 1.54) is 20.6 Å². The van der Waals surface area contributed by atoms with Crippen molar-refractivity contribution in [1.29, 1.82) is 0 Å². The van der Waals surface area contributed by atoms with E-state index in [-0.39, 0.29) is 47.8 Å². The first-order chi connectivity index (χ1) is 32.8. The molecule has 5 aromatic rings. The van der Waals surface area contributed by atoms with Crippen molar-refractivity contribution in [1.82, 2.24) is 40.4 Å². The normalized spacial score (nSPS) is 21.8. The largest absolute Gasteiger partial charge is 0.453 e. The second-order valence-corrected chi connectivity index (χ2v) is 19.7. The summed E-state index contributed by atoms with van der Waals surface area (Å²) in [6.07, 6.45) is 7.28. The summed E-state index contributed by atoms with van der Waals surface area (Å²) >= 11 is 0. The summed E-state index contributed by atoms with van der Waals surface area (Å²) in [6.45, 7) is 10.8. The lowest BCUT2D eigenvalue weighted by Crippen LogP contribution is -2.51. The molecule has 0 radical (unpaired) electrons. The maximum atomic E-state index is 13.9. The number of aromatic amines is 2. The van der Waals surface area contributed by atoms with Gasteiger partial charge in [0.05, 0.1) is 71.8 Å². The minimum atomic E-state index is -0.714. The van der Waals surface area contributed by atoms with Gasteiger partial charge in [-0.2, -0.15) is 0 Å². The van der Waals surface area contributed by atoms with E-state index in [0.29, 0.717) is 13.1 Å². The number of benzene rings is 3. The number of fused-ring (bicyclic) bond motifs is 2. The van der Waals surface area contributed by atoms with Crippen molar-refractivity contribution in [3.05, 3.63) is 77.4 Å². The summed E-state index contributed by atoms with van der Waals surface area (Å²) in [5.41, 5.74) is 15.6. The fraction of sp³-hybridized carbons (Fsp3) is 0.529. The Hall–Kier alpha value is -6.52. The molecule has 4 aliphatic rings. The van der Waals surface area contributed by atoms with Crippen molar-refractivity contribution >= 4 is 63.1 Å². The highest BCUT2D eigenvalue weighted by Gasteiger charge is 2.41. The smallest absolute Gasteiger partial charge is 0.407 e. The molecule has 0 saturated carbocycles. The lowest BCUT2D eigenvalue weighted by molar-refractivity contribution is -0.136. The van der Waals surface area contributed by atoms with Gasteiger partial charge < -0.3 is 55.4 Å². The molecular formula is C51H67N11O6. The van der Waals surface area contributed by atoms with Crippen molar-refractivity contribution in [2.75, 3.05) is 55.9 Å². The molecule has 0 aliphatic carbocycles. The van der Waals surface area contributed by atoms with E-state index in [1.54, 1.807) is 0 Å². The number of ether oxygens (including phenoxy) is 2. The highest BCUT2D eigenvalue weighted by Crippen LogP contribution is 2.49. The molecule has 0 unspecified atom stereocenters. The number of amides is 4. The number of nitrogen functional groups attached to an aromatic ring is 1. The Bertz CT molecular complexity index is 2510. The average Bonchev–Trinajstić information content (AvgIpc) is 4.20. The molecule has 17 nitrogen and oxygen atoms in total. The lowest BCUT2D eigenvalue weighted by atomic mass is 10.0. The number of rotatable bonds is 12. The number of H-pyrrole nitrogens is 2. The number of carbonyl (C=O) groups is 4. The van der Waals surface area contributed by atoms with Gasteiger partial charge in [0.25, 0.3) is 0 Å². The SMILES string of the molecule is COC(=O)N[C@H](C(=O)N1CCC[C@H]1c1nc2ccc([C@H]3CC[C@H](c4ccc5nc([C@@H]6CCCN6C(=O)[C@@H](NC(=O)OC)C(C)C)[nH]c5c4)N3c3ccc(N4CCCCC4)c(N)c3)cc2[nH]1)C(C)C. The van der Waals surface area contributed by atoms with Crippen LogP contribution in [0, 0.1) is 11.8 Å². The van der Waals surface area contributed by atoms with E-state index in [9.17, 15) is 19.2 Å². The number of likely N-dealkylation sites (tertiary alicyclic amines) is 2. The molecule has 6 heterocycles. The number of alkyl carbamates (subject to hydrolysis) is 2. The van der Waals surface area contributed by atoms with Crippen molar-refractivity contribution in [3.8, 4) is 0 Å².